The second kappa shape index (κ2) is 5.22. The van der Waals surface area contributed by atoms with E-state index >= 15 is 0 Å². The molecule has 0 spiro atoms. The summed E-state index contributed by atoms with van der Waals surface area (Å²) in [6, 6.07) is 0. The van der Waals surface area contributed by atoms with E-state index < -0.39 is 16.9 Å². The molecule has 0 bridgehead atoms. The molecule has 3 saturated carbocycles. The van der Waals surface area contributed by atoms with Crippen LogP contribution >= 0.6 is 0 Å². The van der Waals surface area contributed by atoms with Crippen molar-refractivity contribution < 1.29 is 19.4 Å². The zero-order valence-corrected chi connectivity index (χ0v) is 13.7. The smallest absolute Gasteiger partial charge is 0.330 e. The lowest BCUT2D eigenvalue weighted by atomic mass is 9.54. The Morgan fingerprint density at radius 1 is 1.23 bits per heavy atom. The number of carbonyl (C=O) groups is 2. The van der Waals surface area contributed by atoms with Crippen molar-refractivity contribution >= 4 is 11.9 Å². The van der Waals surface area contributed by atoms with Crippen LogP contribution in [0, 0.1) is 23.2 Å². The number of hydrogen-bond acceptors (Lipinski definition) is 3. The summed E-state index contributed by atoms with van der Waals surface area (Å²) in [5, 5.41) is 12.7. The Morgan fingerprint density at radius 2 is 1.82 bits per heavy atom. The van der Waals surface area contributed by atoms with Crippen LogP contribution in [0.15, 0.2) is 0 Å². The van der Waals surface area contributed by atoms with Gasteiger partial charge in [0.25, 0.3) is 0 Å². The molecule has 1 amide bonds. The van der Waals surface area contributed by atoms with Gasteiger partial charge in [-0.1, -0.05) is 26.7 Å². The molecule has 3 aliphatic rings. The number of rotatable bonds is 5. The highest BCUT2D eigenvalue weighted by molar-refractivity contribution is 5.91. The molecule has 124 valence electrons. The summed E-state index contributed by atoms with van der Waals surface area (Å²) in [5.41, 5.74) is -1.78. The van der Waals surface area contributed by atoms with Gasteiger partial charge in [0.05, 0.1) is 6.10 Å². The quantitative estimate of drug-likeness (QED) is 0.816. The molecule has 0 heterocycles. The number of fused-ring (bicyclic) bond motifs is 1. The molecule has 0 aromatic heterocycles. The van der Waals surface area contributed by atoms with Gasteiger partial charge in [0, 0.05) is 24.4 Å². The van der Waals surface area contributed by atoms with E-state index in [1.54, 1.807) is 0 Å². The second-order valence-corrected chi connectivity index (χ2v) is 7.71. The molecule has 3 fully saturated rings. The molecule has 3 aliphatic carbocycles. The minimum absolute atomic E-state index is 0.0423. The van der Waals surface area contributed by atoms with Crippen molar-refractivity contribution in [3.05, 3.63) is 0 Å². The van der Waals surface area contributed by atoms with Crippen LogP contribution in [0.5, 0.6) is 0 Å². The normalized spacial score (nSPS) is 42.0. The van der Waals surface area contributed by atoms with Gasteiger partial charge < -0.3 is 15.2 Å². The molecule has 5 heteroatoms. The number of carboxylic acid groups (broad SMARTS) is 1. The lowest BCUT2D eigenvalue weighted by Crippen LogP contribution is -2.76. The van der Waals surface area contributed by atoms with Crippen LogP contribution in [0.25, 0.3) is 0 Å². The topological polar surface area (TPSA) is 75.6 Å². The number of carboxylic acids is 1. The third-order valence-corrected chi connectivity index (χ3v) is 6.43. The number of amides is 1. The molecule has 2 N–H and O–H groups in total. The van der Waals surface area contributed by atoms with Crippen LogP contribution in [0.1, 0.15) is 52.9 Å². The summed E-state index contributed by atoms with van der Waals surface area (Å²) in [5.74, 6) is 0.0318. The number of carbonyl (C=O) groups excluding carboxylic acids is 1. The summed E-state index contributed by atoms with van der Waals surface area (Å²) in [7, 11) is 0. The second-order valence-electron chi connectivity index (χ2n) is 7.71. The highest BCUT2D eigenvalue weighted by Gasteiger charge is 2.68. The summed E-state index contributed by atoms with van der Waals surface area (Å²) >= 11 is 0. The first-order valence-electron chi connectivity index (χ1n) is 8.52. The fourth-order valence-corrected chi connectivity index (χ4v) is 4.71. The van der Waals surface area contributed by atoms with Crippen molar-refractivity contribution in [2.45, 2.75) is 64.5 Å². The lowest BCUT2D eigenvalue weighted by Gasteiger charge is -2.58. The molecule has 0 aliphatic heterocycles. The first kappa shape index (κ1) is 15.8. The number of aliphatic carboxylic acids is 1. The molecule has 0 radical (unpaired) electrons. The summed E-state index contributed by atoms with van der Waals surface area (Å²) in [4.78, 5) is 24.5. The minimum Gasteiger partial charge on any atom is -0.479 e. The maximum absolute atomic E-state index is 12.6. The van der Waals surface area contributed by atoms with Gasteiger partial charge >= 0.3 is 5.97 Å². The Kier molecular flexibility index (Phi) is 3.75. The van der Waals surface area contributed by atoms with E-state index in [1.807, 2.05) is 20.8 Å². The largest absolute Gasteiger partial charge is 0.479 e. The van der Waals surface area contributed by atoms with Gasteiger partial charge in [0.1, 0.15) is 5.54 Å². The lowest BCUT2D eigenvalue weighted by molar-refractivity contribution is -0.195. The SMILES string of the molecule is CCOC1CC(NC(=O)C2C3CCCCC32)(C(=O)O)C1(C)C. The predicted octanol–water partition coefficient (Wildman–Crippen LogP) is 2.20. The van der Waals surface area contributed by atoms with Gasteiger partial charge in [-0.05, 0) is 31.6 Å². The molecule has 0 saturated heterocycles. The van der Waals surface area contributed by atoms with E-state index in [0.717, 1.165) is 12.8 Å². The van der Waals surface area contributed by atoms with E-state index in [4.69, 9.17) is 4.74 Å². The van der Waals surface area contributed by atoms with Crippen LogP contribution in [0.2, 0.25) is 0 Å². The van der Waals surface area contributed by atoms with E-state index in [1.165, 1.54) is 12.8 Å². The molecule has 4 unspecified atom stereocenters. The monoisotopic (exact) mass is 309 g/mol. The number of hydrogen-bond donors (Lipinski definition) is 2. The Bertz CT molecular complexity index is 477. The van der Waals surface area contributed by atoms with Gasteiger partial charge in [-0.2, -0.15) is 0 Å². The molecule has 3 rings (SSSR count). The van der Waals surface area contributed by atoms with Crippen molar-refractivity contribution in [3.63, 3.8) is 0 Å². The molecule has 0 aromatic rings. The zero-order valence-electron chi connectivity index (χ0n) is 13.7. The highest BCUT2D eigenvalue weighted by Crippen LogP contribution is 2.57. The van der Waals surface area contributed by atoms with E-state index in [2.05, 4.69) is 5.32 Å². The first-order chi connectivity index (χ1) is 10.3. The maximum atomic E-state index is 12.6. The van der Waals surface area contributed by atoms with Crippen LogP contribution < -0.4 is 5.32 Å². The standard InChI is InChI=1S/C17H27NO4/c1-4-22-12-9-17(15(20)21,16(12,2)3)18-14(19)13-10-7-5-6-8-11(10)13/h10-13H,4-9H2,1-3H3,(H,18,19)(H,20,21). The Hall–Kier alpha value is -1.10. The average Bonchev–Trinajstić information content (AvgIpc) is 3.19. The van der Waals surface area contributed by atoms with Gasteiger partial charge in [-0.25, -0.2) is 4.79 Å². The summed E-state index contributed by atoms with van der Waals surface area (Å²) in [6.45, 7) is 6.23. The fourth-order valence-electron chi connectivity index (χ4n) is 4.71. The Morgan fingerprint density at radius 3 is 2.27 bits per heavy atom. The van der Waals surface area contributed by atoms with Crippen molar-refractivity contribution in [1.82, 2.24) is 5.32 Å². The predicted molar refractivity (Wildman–Crippen MR) is 81.3 cm³/mol. The zero-order chi connectivity index (χ0) is 16.1. The molecular weight excluding hydrogens is 282 g/mol. The van der Waals surface area contributed by atoms with Gasteiger partial charge in [-0.15, -0.1) is 0 Å². The van der Waals surface area contributed by atoms with Crippen molar-refractivity contribution in [3.8, 4) is 0 Å². The molecular formula is C17H27NO4. The molecule has 22 heavy (non-hydrogen) atoms. The van der Waals surface area contributed by atoms with Crippen molar-refractivity contribution in [2.24, 2.45) is 23.2 Å². The van der Waals surface area contributed by atoms with Crippen LogP contribution in [0.3, 0.4) is 0 Å². The third kappa shape index (κ3) is 2.08. The van der Waals surface area contributed by atoms with Crippen molar-refractivity contribution in [1.29, 1.82) is 0 Å². The Labute approximate surface area is 131 Å². The first-order valence-corrected chi connectivity index (χ1v) is 8.52. The molecule has 0 aromatic carbocycles. The van der Waals surface area contributed by atoms with E-state index in [-0.39, 0.29) is 17.9 Å². The third-order valence-electron chi connectivity index (χ3n) is 6.43. The van der Waals surface area contributed by atoms with Gasteiger partial charge in [0.2, 0.25) is 5.91 Å². The summed E-state index contributed by atoms with van der Waals surface area (Å²) in [6.07, 6.45) is 4.88. The Balaban J connectivity index is 1.71. The van der Waals surface area contributed by atoms with E-state index in [9.17, 15) is 14.7 Å². The van der Waals surface area contributed by atoms with Gasteiger partial charge in [-0.3, -0.25) is 4.79 Å². The highest BCUT2D eigenvalue weighted by atomic mass is 16.5. The number of ether oxygens (including phenoxy) is 1. The minimum atomic E-state index is -1.18. The van der Waals surface area contributed by atoms with Crippen LogP contribution in [0.4, 0.5) is 0 Å². The summed E-state index contributed by atoms with van der Waals surface area (Å²) < 4.78 is 5.64. The average molecular weight is 309 g/mol. The van der Waals surface area contributed by atoms with Crippen LogP contribution in [-0.4, -0.2) is 35.2 Å². The van der Waals surface area contributed by atoms with E-state index in [0.29, 0.717) is 24.9 Å². The van der Waals surface area contributed by atoms with Gasteiger partial charge in [0.15, 0.2) is 0 Å². The molecule has 5 nitrogen and oxygen atoms in total. The maximum Gasteiger partial charge on any atom is 0.330 e. The molecule has 4 atom stereocenters. The van der Waals surface area contributed by atoms with Crippen LogP contribution in [-0.2, 0) is 14.3 Å². The number of nitrogens with one attached hydrogen (secondary N) is 1. The van der Waals surface area contributed by atoms with Crippen molar-refractivity contribution in [2.75, 3.05) is 6.61 Å². The fraction of sp³-hybridized carbons (Fsp3) is 0.882.